The van der Waals surface area contributed by atoms with Crippen LogP contribution in [0.4, 0.5) is 10.1 Å². The predicted molar refractivity (Wildman–Crippen MR) is 78.0 cm³/mol. The van der Waals surface area contributed by atoms with Crippen molar-refractivity contribution in [3.63, 3.8) is 0 Å². The first-order valence-electron chi connectivity index (χ1n) is 5.84. The molecule has 0 unspecified atom stereocenters. The number of sulfonamides is 1. The molecule has 0 aliphatic rings. The van der Waals surface area contributed by atoms with Crippen LogP contribution in [0.5, 0.6) is 0 Å². The lowest BCUT2D eigenvalue weighted by Crippen LogP contribution is -2.26. The van der Waals surface area contributed by atoms with Gasteiger partial charge < -0.3 is 0 Å². The van der Waals surface area contributed by atoms with E-state index in [1.54, 1.807) is 12.1 Å². The number of halogens is 2. The van der Waals surface area contributed by atoms with Gasteiger partial charge in [-0.3, -0.25) is 4.31 Å². The van der Waals surface area contributed by atoms with Crippen molar-refractivity contribution >= 4 is 27.3 Å². The summed E-state index contributed by atoms with van der Waals surface area (Å²) < 4.78 is 39.1. The normalized spacial score (nSPS) is 11.3. The van der Waals surface area contributed by atoms with E-state index < -0.39 is 15.8 Å². The second kappa shape index (κ2) is 5.81. The molecule has 0 amide bonds. The summed E-state index contributed by atoms with van der Waals surface area (Å²) in [4.78, 5) is 0.137. The molecule has 0 N–H and O–H groups in total. The molecule has 0 fully saturated rings. The van der Waals surface area contributed by atoms with Gasteiger partial charge in [-0.15, -0.1) is 11.6 Å². The van der Waals surface area contributed by atoms with Crippen LogP contribution in [0, 0.1) is 5.82 Å². The fourth-order valence-corrected chi connectivity index (χ4v) is 3.08. The smallest absolute Gasteiger partial charge is 0.264 e. The van der Waals surface area contributed by atoms with Crippen molar-refractivity contribution in [3.05, 3.63) is 59.9 Å². The molecule has 2 aromatic rings. The number of hydrogen-bond acceptors (Lipinski definition) is 2. The fraction of sp³-hybridized carbons (Fsp3) is 0.143. The molecule has 0 radical (unpaired) electrons. The van der Waals surface area contributed by atoms with Crippen molar-refractivity contribution < 1.29 is 12.8 Å². The maximum Gasteiger partial charge on any atom is 0.264 e. The van der Waals surface area contributed by atoms with Crippen molar-refractivity contribution in [2.45, 2.75) is 10.8 Å². The Labute approximate surface area is 122 Å². The molecule has 0 saturated carbocycles. The van der Waals surface area contributed by atoms with E-state index in [1.807, 2.05) is 0 Å². The minimum Gasteiger partial charge on any atom is -0.269 e. The SMILES string of the molecule is CN(c1cccc(F)c1)S(=O)(=O)c1ccc(CCl)cc1. The lowest BCUT2D eigenvalue weighted by atomic mass is 10.2. The summed E-state index contributed by atoms with van der Waals surface area (Å²) in [6.45, 7) is 0. The summed E-state index contributed by atoms with van der Waals surface area (Å²) in [6.07, 6.45) is 0. The Balaban J connectivity index is 2.38. The Morgan fingerprint density at radius 3 is 2.35 bits per heavy atom. The predicted octanol–water partition coefficient (Wildman–Crippen LogP) is 3.39. The van der Waals surface area contributed by atoms with Gasteiger partial charge in [0.25, 0.3) is 10.0 Å². The van der Waals surface area contributed by atoms with Gasteiger partial charge in [0.15, 0.2) is 0 Å². The largest absolute Gasteiger partial charge is 0.269 e. The van der Waals surface area contributed by atoms with Gasteiger partial charge in [-0.1, -0.05) is 18.2 Å². The van der Waals surface area contributed by atoms with Crippen LogP contribution >= 0.6 is 11.6 Å². The van der Waals surface area contributed by atoms with Gasteiger partial charge >= 0.3 is 0 Å². The highest BCUT2D eigenvalue weighted by molar-refractivity contribution is 7.92. The Morgan fingerprint density at radius 2 is 1.80 bits per heavy atom. The van der Waals surface area contributed by atoms with Crippen LogP contribution in [0.2, 0.25) is 0 Å². The third-order valence-corrected chi connectivity index (χ3v) is 5.02. The first kappa shape index (κ1) is 14.8. The van der Waals surface area contributed by atoms with E-state index in [4.69, 9.17) is 11.6 Å². The van der Waals surface area contributed by atoms with Crippen LogP contribution < -0.4 is 4.31 Å². The van der Waals surface area contributed by atoms with Gasteiger partial charge in [-0.2, -0.15) is 0 Å². The Hall–Kier alpha value is -1.59. The van der Waals surface area contributed by atoms with Crippen LogP contribution in [0.3, 0.4) is 0 Å². The van der Waals surface area contributed by atoms with E-state index in [0.29, 0.717) is 5.88 Å². The molecule has 20 heavy (non-hydrogen) atoms. The van der Waals surface area contributed by atoms with Gasteiger partial charge in [-0.25, -0.2) is 12.8 Å². The number of benzene rings is 2. The topological polar surface area (TPSA) is 37.4 Å². The third kappa shape index (κ3) is 2.94. The van der Waals surface area contributed by atoms with Crippen molar-refractivity contribution in [3.8, 4) is 0 Å². The summed E-state index contributed by atoms with van der Waals surface area (Å²) in [5.74, 6) is -0.165. The standard InChI is InChI=1S/C14H13ClFNO2S/c1-17(13-4-2-3-12(16)9-13)20(18,19)14-7-5-11(10-15)6-8-14/h2-9H,10H2,1H3. The van der Waals surface area contributed by atoms with Crippen molar-refractivity contribution in [2.24, 2.45) is 0 Å². The molecular formula is C14H13ClFNO2S. The molecule has 2 rings (SSSR count). The molecule has 0 atom stereocenters. The van der Waals surface area contributed by atoms with Crippen molar-refractivity contribution in [1.82, 2.24) is 0 Å². The van der Waals surface area contributed by atoms with Crippen molar-refractivity contribution in [2.75, 3.05) is 11.4 Å². The Bertz CT molecular complexity index is 701. The van der Waals surface area contributed by atoms with Gasteiger partial charge in [0, 0.05) is 12.9 Å². The molecule has 0 saturated heterocycles. The van der Waals surface area contributed by atoms with Crippen LogP contribution in [0.25, 0.3) is 0 Å². The lowest BCUT2D eigenvalue weighted by Gasteiger charge is -2.19. The van der Waals surface area contributed by atoms with Gasteiger partial charge in [-0.05, 0) is 35.9 Å². The summed E-state index contributed by atoms with van der Waals surface area (Å²) in [7, 11) is -2.32. The molecule has 2 aromatic carbocycles. The minimum absolute atomic E-state index is 0.137. The van der Waals surface area contributed by atoms with Crippen LogP contribution in [0.15, 0.2) is 53.4 Å². The molecule has 3 nitrogen and oxygen atoms in total. The van der Waals surface area contributed by atoms with E-state index in [0.717, 1.165) is 9.87 Å². The first-order chi connectivity index (χ1) is 9.45. The maximum absolute atomic E-state index is 13.2. The summed E-state index contributed by atoms with van der Waals surface area (Å²) in [5, 5.41) is 0. The summed E-state index contributed by atoms with van der Waals surface area (Å²) in [6, 6.07) is 11.7. The molecule has 0 heterocycles. The minimum atomic E-state index is -3.71. The molecular weight excluding hydrogens is 301 g/mol. The first-order valence-corrected chi connectivity index (χ1v) is 7.82. The monoisotopic (exact) mass is 313 g/mol. The second-order valence-corrected chi connectivity index (χ2v) is 6.47. The van der Waals surface area contributed by atoms with Crippen LogP contribution in [0.1, 0.15) is 5.56 Å². The average molecular weight is 314 g/mol. The van der Waals surface area contributed by atoms with E-state index in [9.17, 15) is 12.8 Å². The quantitative estimate of drug-likeness (QED) is 0.811. The number of rotatable bonds is 4. The summed E-state index contributed by atoms with van der Waals surface area (Å²) >= 11 is 5.67. The average Bonchev–Trinajstić information content (AvgIpc) is 2.46. The molecule has 106 valence electrons. The Kier molecular flexibility index (Phi) is 4.30. The molecule has 0 aromatic heterocycles. The van der Waals surface area contributed by atoms with E-state index >= 15 is 0 Å². The van der Waals surface area contributed by atoms with E-state index in [-0.39, 0.29) is 10.6 Å². The number of hydrogen-bond donors (Lipinski definition) is 0. The van der Waals surface area contributed by atoms with Crippen LogP contribution in [-0.2, 0) is 15.9 Å². The maximum atomic E-state index is 13.2. The van der Waals surface area contributed by atoms with E-state index in [2.05, 4.69) is 0 Å². The highest BCUT2D eigenvalue weighted by atomic mass is 35.5. The van der Waals surface area contributed by atoms with Gasteiger partial charge in [0.05, 0.1) is 10.6 Å². The van der Waals surface area contributed by atoms with E-state index in [1.165, 1.54) is 43.4 Å². The fourth-order valence-electron chi connectivity index (χ4n) is 1.72. The molecule has 0 aliphatic carbocycles. The summed E-state index contributed by atoms with van der Waals surface area (Å²) in [5.41, 5.74) is 1.10. The third-order valence-electron chi connectivity index (χ3n) is 2.91. The highest BCUT2D eigenvalue weighted by Crippen LogP contribution is 2.23. The molecule has 0 bridgehead atoms. The zero-order valence-electron chi connectivity index (χ0n) is 10.8. The zero-order valence-corrected chi connectivity index (χ0v) is 12.3. The molecule has 6 heteroatoms. The molecule has 0 aliphatic heterocycles. The number of nitrogens with zero attached hydrogens (tertiary/aromatic N) is 1. The zero-order chi connectivity index (χ0) is 14.8. The molecule has 0 spiro atoms. The van der Waals surface area contributed by atoms with Gasteiger partial charge in [0.2, 0.25) is 0 Å². The van der Waals surface area contributed by atoms with Crippen LogP contribution in [-0.4, -0.2) is 15.5 Å². The second-order valence-electron chi connectivity index (χ2n) is 4.23. The highest BCUT2D eigenvalue weighted by Gasteiger charge is 2.21. The number of alkyl halides is 1. The Morgan fingerprint density at radius 1 is 1.15 bits per heavy atom. The van der Waals surface area contributed by atoms with Crippen molar-refractivity contribution in [1.29, 1.82) is 0 Å². The number of anilines is 1. The van der Waals surface area contributed by atoms with Gasteiger partial charge in [0.1, 0.15) is 5.82 Å². The lowest BCUT2D eigenvalue weighted by molar-refractivity contribution is 0.594.